The van der Waals surface area contributed by atoms with E-state index in [0.717, 1.165) is 10.8 Å². The van der Waals surface area contributed by atoms with Gasteiger partial charge in [-0.05, 0) is 30.3 Å². The second kappa shape index (κ2) is 6.13. The van der Waals surface area contributed by atoms with Gasteiger partial charge in [-0.2, -0.15) is 4.99 Å². The van der Waals surface area contributed by atoms with Gasteiger partial charge in [0.05, 0.1) is 10.2 Å². The largest absolute Gasteiger partial charge is 0.480 e. The van der Waals surface area contributed by atoms with Gasteiger partial charge in [-0.1, -0.05) is 29.5 Å². The lowest BCUT2D eigenvalue weighted by Crippen LogP contribution is -2.21. The molecule has 0 saturated heterocycles. The number of aliphatic carboxylic acids is 1. The molecule has 116 valence electrons. The third-order valence-electron chi connectivity index (χ3n) is 3.15. The fraction of sp³-hybridized carbons (Fsp3) is 0.0625. The summed E-state index contributed by atoms with van der Waals surface area (Å²) in [6.45, 7) is -0.306. The molecule has 3 rings (SSSR count). The van der Waals surface area contributed by atoms with Gasteiger partial charge in [0.2, 0.25) is 0 Å². The number of hydrogen-bond acceptors (Lipinski definition) is 3. The minimum atomic E-state index is -1.03. The monoisotopic (exact) mass is 330 g/mol. The predicted octanol–water partition coefficient (Wildman–Crippen LogP) is 2.67. The summed E-state index contributed by atoms with van der Waals surface area (Å²) >= 11 is 1.21. The lowest BCUT2D eigenvalue weighted by molar-refractivity contribution is -0.137. The van der Waals surface area contributed by atoms with Gasteiger partial charge in [-0.3, -0.25) is 9.59 Å². The summed E-state index contributed by atoms with van der Waals surface area (Å²) in [5, 5.41) is 9.06. The number of carboxylic acid groups (broad SMARTS) is 1. The van der Waals surface area contributed by atoms with Crippen LogP contribution in [0, 0.1) is 5.82 Å². The smallest absolute Gasteiger partial charge is 0.323 e. The third-order valence-corrected chi connectivity index (χ3v) is 4.21. The van der Waals surface area contributed by atoms with Crippen molar-refractivity contribution in [1.82, 2.24) is 4.57 Å². The highest BCUT2D eigenvalue weighted by molar-refractivity contribution is 7.16. The van der Waals surface area contributed by atoms with Gasteiger partial charge in [0.25, 0.3) is 5.91 Å². The van der Waals surface area contributed by atoms with Gasteiger partial charge in [0, 0.05) is 5.56 Å². The van der Waals surface area contributed by atoms with Crippen molar-refractivity contribution in [2.45, 2.75) is 6.54 Å². The molecule has 7 heteroatoms. The van der Waals surface area contributed by atoms with E-state index in [-0.39, 0.29) is 16.9 Å². The molecule has 0 aliphatic rings. The summed E-state index contributed by atoms with van der Waals surface area (Å²) in [4.78, 5) is 27.5. The summed E-state index contributed by atoms with van der Waals surface area (Å²) in [5.41, 5.74) is 0.801. The third kappa shape index (κ3) is 3.19. The number of rotatable bonds is 3. The zero-order valence-electron chi connectivity index (χ0n) is 11.8. The molecule has 23 heavy (non-hydrogen) atoms. The van der Waals surface area contributed by atoms with Crippen LogP contribution in [0.5, 0.6) is 0 Å². The molecule has 2 aromatic carbocycles. The number of halogens is 1. The van der Waals surface area contributed by atoms with Crippen molar-refractivity contribution in [3.63, 3.8) is 0 Å². The van der Waals surface area contributed by atoms with Crippen LogP contribution in [0.15, 0.2) is 53.5 Å². The molecule has 0 bridgehead atoms. The second-order valence-electron chi connectivity index (χ2n) is 4.76. The van der Waals surface area contributed by atoms with Crippen LogP contribution >= 0.6 is 11.3 Å². The molecule has 1 heterocycles. The number of thiazole rings is 1. The zero-order chi connectivity index (χ0) is 16.4. The quantitative estimate of drug-likeness (QED) is 0.802. The van der Waals surface area contributed by atoms with Gasteiger partial charge < -0.3 is 9.67 Å². The lowest BCUT2D eigenvalue weighted by Gasteiger charge is -2.00. The number of carbonyl (C=O) groups excluding carboxylic acids is 1. The Bertz CT molecular complexity index is 975. The number of hydrogen-bond donors (Lipinski definition) is 1. The van der Waals surface area contributed by atoms with E-state index >= 15 is 0 Å². The number of benzene rings is 2. The molecule has 0 radical (unpaired) electrons. The first kappa shape index (κ1) is 15.1. The summed E-state index contributed by atoms with van der Waals surface area (Å²) in [6.07, 6.45) is 0. The molecule has 1 amide bonds. The number of amides is 1. The average Bonchev–Trinajstić information content (AvgIpc) is 2.84. The predicted molar refractivity (Wildman–Crippen MR) is 83.7 cm³/mol. The Kier molecular flexibility index (Phi) is 4.03. The van der Waals surface area contributed by atoms with Crippen molar-refractivity contribution < 1.29 is 19.1 Å². The summed E-state index contributed by atoms with van der Waals surface area (Å²) in [6, 6.07) is 12.4. The number of carboxylic acids is 1. The standard InChI is InChI=1S/C16H11FN2O3S/c17-11-5-3-4-10(8-11)15(22)18-16-19(9-14(20)21)12-6-1-2-7-13(12)23-16/h1-8H,9H2,(H,20,21)/b18-16-. The highest BCUT2D eigenvalue weighted by atomic mass is 32.1. The first-order valence-electron chi connectivity index (χ1n) is 6.69. The Labute approximate surface area is 134 Å². The van der Waals surface area contributed by atoms with E-state index in [1.54, 1.807) is 12.1 Å². The fourth-order valence-electron chi connectivity index (χ4n) is 2.17. The van der Waals surface area contributed by atoms with Gasteiger partial charge >= 0.3 is 5.97 Å². The average molecular weight is 330 g/mol. The van der Waals surface area contributed by atoms with E-state index in [1.165, 1.54) is 34.1 Å². The number of carbonyl (C=O) groups is 2. The number of fused-ring (bicyclic) bond motifs is 1. The molecule has 0 aliphatic carbocycles. The summed E-state index contributed by atoms with van der Waals surface area (Å²) < 4.78 is 15.5. The van der Waals surface area contributed by atoms with Crippen LogP contribution in [-0.2, 0) is 11.3 Å². The number of nitrogens with zero attached hydrogens (tertiary/aromatic N) is 2. The van der Waals surface area contributed by atoms with Crippen LogP contribution in [0.4, 0.5) is 4.39 Å². The molecule has 3 aromatic rings. The molecule has 0 aliphatic heterocycles. The summed E-state index contributed by atoms with van der Waals surface area (Å²) in [7, 11) is 0. The Morgan fingerprint density at radius 2 is 1.96 bits per heavy atom. The van der Waals surface area contributed by atoms with Crippen molar-refractivity contribution in [2.75, 3.05) is 0 Å². The van der Waals surface area contributed by atoms with E-state index in [9.17, 15) is 14.0 Å². The Hall–Kier alpha value is -2.80. The lowest BCUT2D eigenvalue weighted by atomic mass is 10.2. The summed E-state index contributed by atoms with van der Waals surface area (Å²) in [5.74, 6) is -2.18. The van der Waals surface area contributed by atoms with Crippen molar-refractivity contribution in [3.05, 3.63) is 64.7 Å². The molecule has 1 N–H and O–H groups in total. The maximum absolute atomic E-state index is 13.2. The van der Waals surface area contributed by atoms with Gasteiger partial charge in [0.1, 0.15) is 12.4 Å². The van der Waals surface area contributed by atoms with Crippen LogP contribution in [0.2, 0.25) is 0 Å². The SMILES string of the molecule is O=C(O)Cn1/c(=N/C(=O)c2cccc(F)c2)sc2ccccc21. The highest BCUT2D eigenvalue weighted by Crippen LogP contribution is 2.16. The molecule has 0 spiro atoms. The van der Waals surface area contributed by atoms with E-state index in [4.69, 9.17) is 5.11 Å². The van der Waals surface area contributed by atoms with Crippen LogP contribution < -0.4 is 4.80 Å². The molecule has 0 atom stereocenters. The van der Waals surface area contributed by atoms with Crippen molar-refractivity contribution in [2.24, 2.45) is 4.99 Å². The van der Waals surface area contributed by atoms with Crippen LogP contribution in [0.1, 0.15) is 10.4 Å². The van der Waals surface area contributed by atoms with E-state index in [1.807, 2.05) is 12.1 Å². The van der Waals surface area contributed by atoms with Crippen LogP contribution in [0.25, 0.3) is 10.2 Å². The zero-order valence-corrected chi connectivity index (χ0v) is 12.6. The maximum atomic E-state index is 13.2. The number of aromatic nitrogens is 1. The molecule has 0 fully saturated rings. The molecular weight excluding hydrogens is 319 g/mol. The molecule has 1 aromatic heterocycles. The van der Waals surface area contributed by atoms with E-state index in [0.29, 0.717) is 5.52 Å². The van der Waals surface area contributed by atoms with Gasteiger partial charge in [-0.15, -0.1) is 0 Å². The minimum absolute atomic E-state index is 0.115. The first-order valence-corrected chi connectivity index (χ1v) is 7.51. The fourth-order valence-corrected chi connectivity index (χ4v) is 3.19. The normalized spacial score (nSPS) is 11.8. The molecule has 0 saturated carbocycles. The van der Waals surface area contributed by atoms with Gasteiger partial charge in [0.15, 0.2) is 4.80 Å². The van der Waals surface area contributed by atoms with Crippen LogP contribution in [0.3, 0.4) is 0 Å². The van der Waals surface area contributed by atoms with Crippen molar-refractivity contribution >= 4 is 33.4 Å². The van der Waals surface area contributed by atoms with Crippen molar-refractivity contribution in [3.8, 4) is 0 Å². The highest BCUT2D eigenvalue weighted by Gasteiger charge is 2.11. The first-order chi connectivity index (χ1) is 11.0. The Balaban J connectivity index is 2.14. The van der Waals surface area contributed by atoms with E-state index in [2.05, 4.69) is 4.99 Å². The second-order valence-corrected chi connectivity index (χ2v) is 5.77. The maximum Gasteiger partial charge on any atom is 0.323 e. The van der Waals surface area contributed by atoms with Crippen LogP contribution in [-0.4, -0.2) is 21.6 Å². The van der Waals surface area contributed by atoms with Crippen molar-refractivity contribution in [1.29, 1.82) is 0 Å². The Morgan fingerprint density at radius 3 is 2.70 bits per heavy atom. The number of para-hydroxylation sites is 1. The molecular formula is C16H11FN2O3S. The van der Waals surface area contributed by atoms with E-state index < -0.39 is 17.7 Å². The van der Waals surface area contributed by atoms with Gasteiger partial charge in [-0.25, -0.2) is 4.39 Å². The Morgan fingerprint density at radius 1 is 1.17 bits per heavy atom. The topological polar surface area (TPSA) is 71.7 Å². The molecule has 5 nitrogen and oxygen atoms in total. The minimum Gasteiger partial charge on any atom is -0.480 e. The molecule has 0 unspecified atom stereocenters.